The highest BCUT2D eigenvalue weighted by Gasteiger charge is 2.33. The first-order valence-electron chi connectivity index (χ1n) is 8.24. The second kappa shape index (κ2) is 7.41. The highest BCUT2D eigenvalue weighted by atomic mass is 32.2. The van der Waals surface area contributed by atoms with Crippen molar-refractivity contribution in [1.29, 1.82) is 0 Å². The fourth-order valence-corrected chi connectivity index (χ4v) is 3.86. The summed E-state index contributed by atoms with van der Waals surface area (Å²) in [5.74, 6) is -0.835. The van der Waals surface area contributed by atoms with Crippen molar-refractivity contribution in [3.63, 3.8) is 0 Å². The SMILES string of the molecule is O=C(NN1C(=O)C(=Cc2ccc3ncccc3c2)SC1=S)c1ccc(O)cc1. The monoisotopic (exact) mass is 407 g/mol. The first-order chi connectivity index (χ1) is 13.5. The van der Waals surface area contributed by atoms with E-state index in [1.165, 1.54) is 24.3 Å². The van der Waals surface area contributed by atoms with Gasteiger partial charge in [-0.3, -0.25) is 20.0 Å². The van der Waals surface area contributed by atoms with Crippen molar-refractivity contribution in [3.05, 3.63) is 76.8 Å². The summed E-state index contributed by atoms with van der Waals surface area (Å²) in [5, 5.41) is 11.3. The van der Waals surface area contributed by atoms with Gasteiger partial charge < -0.3 is 5.11 Å². The molecule has 138 valence electrons. The number of thioether (sulfide) groups is 1. The van der Waals surface area contributed by atoms with Crippen LogP contribution in [-0.4, -0.2) is 31.2 Å². The molecule has 1 saturated heterocycles. The molecule has 1 aliphatic rings. The molecule has 6 nitrogen and oxygen atoms in total. The second-order valence-corrected chi connectivity index (χ2v) is 7.64. The molecule has 1 fully saturated rings. The van der Waals surface area contributed by atoms with Gasteiger partial charge in [-0.1, -0.05) is 23.9 Å². The summed E-state index contributed by atoms with van der Waals surface area (Å²) in [5.41, 5.74) is 4.52. The minimum absolute atomic E-state index is 0.0516. The van der Waals surface area contributed by atoms with E-state index >= 15 is 0 Å². The van der Waals surface area contributed by atoms with Crippen LogP contribution in [0.25, 0.3) is 17.0 Å². The third-order valence-corrected chi connectivity index (χ3v) is 5.36. The van der Waals surface area contributed by atoms with Crippen molar-refractivity contribution in [2.45, 2.75) is 0 Å². The topological polar surface area (TPSA) is 82.5 Å². The maximum absolute atomic E-state index is 12.7. The summed E-state index contributed by atoms with van der Waals surface area (Å²) in [6.07, 6.45) is 3.46. The number of aromatic hydroxyl groups is 1. The van der Waals surface area contributed by atoms with E-state index in [0.29, 0.717) is 10.5 Å². The van der Waals surface area contributed by atoms with Crippen molar-refractivity contribution in [3.8, 4) is 5.75 Å². The van der Waals surface area contributed by atoms with Crippen LogP contribution in [0.1, 0.15) is 15.9 Å². The molecule has 1 aliphatic heterocycles. The average Bonchev–Trinajstić information content (AvgIpc) is 2.95. The van der Waals surface area contributed by atoms with Crippen LogP contribution in [0.4, 0.5) is 0 Å². The molecule has 0 unspecified atom stereocenters. The first kappa shape index (κ1) is 18.1. The van der Waals surface area contributed by atoms with Crippen LogP contribution in [0.5, 0.6) is 5.75 Å². The molecular weight excluding hydrogens is 394 g/mol. The Morgan fingerprint density at radius 2 is 1.96 bits per heavy atom. The highest BCUT2D eigenvalue weighted by molar-refractivity contribution is 8.26. The van der Waals surface area contributed by atoms with Gasteiger partial charge in [-0.15, -0.1) is 0 Å². The van der Waals surface area contributed by atoms with E-state index in [-0.39, 0.29) is 10.1 Å². The number of phenolic OH excluding ortho intramolecular Hbond substituents is 1. The average molecular weight is 407 g/mol. The Kier molecular flexibility index (Phi) is 4.81. The minimum Gasteiger partial charge on any atom is -0.508 e. The molecule has 2 heterocycles. The van der Waals surface area contributed by atoms with E-state index in [4.69, 9.17) is 12.2 Å². The predicted molar refractivity (Wildman–Crippen MR) is 112 cm³/mol. The lowest BCUT2D eigenvalue weighted by molar-refractivity contribution is -0.123. The van der Waals surface area contributed by atoms with E-state index in [1.807, 2.05) is 30.3 Å². The predicted octanol–water partition coefficient (Wildman–Crippen LogP) is 3.49. The molecule has 0 bridgehead atoms. The summed E-state index contributed by atoms with van der Waals surface area (Å²) in [6, 6.07) is 15.2. The number of carbonyl (C=O) groups is 2. The van der Waals surface area contributed by atoms with Crippen molar-refractivity contribution in [2.24, 2.45) is 0 Å². The molecule has 2 N–H and O–H groups in total. The Morgan fingerprint density at radius 3 is 2.75 bits per heavy atom. The van der Waals surface area contributed by atoms with Crippen LogP contribution in [0.3, 0.4) is 0 Å². The van der Waals surface area contributed by atoms with Crippen molar-refractivity contribution in [2.75, 3.05) is 0 Å². The molecule has 0 saturated carbocycles. The fraction of sp³-hybridized carbons (Fsp3) is 0. The molecule has 1 aromatic heterocycles. The number of hydrogen-bond acceptors (Lipinski definition) is 6. The maximum atomic E-state index is 12.7. The zero-order chi connectivity index (χ0) is 19.7. The molecule has 2 amide bonds. The molecular formula is C20H13N3O3S2. The minimum atomic E-state index is -0.491. The Balaban J connectivity index is 1.55. The zero-order valence-corrected chi connectivity index (χ0v) is 16.0. The molecule has 0 radical (unpaired) electrons. The van der Waals surface area contributed by atoms with E-state index in [1.54, 1.807) is 12.3 Å². The molecule has 0 aliphatic carbocycles. The number of hydrazine groups is 1. The number of fused-ring (bicyclic) bond motifs is 1. The van der Waals surface area contributed by atoms with Crippen molar-refractivity contribution in [1.82, 2.24) is 15.4 Å². The number of pyridine rings is 1. The van der Waals surface area contributed by atoms with Gasteiger partial charge in [0.15, 0.2) is 4.32 Å². The number of nitrogens with one attached hydrogen (secondary N) is 1. The van der Waals surface area contributed by atoms with Gasteiger partial charge in [0.2, 0.25) is 0 Å². The number of benzene rings is 2. The number of carbonyl (C=O) groups excluding carboxylic acids is 2. The van der Waals surface area contributed by atoms with Crippen LogP contribution in [-0.2, 0) is 4.79 Å². The van der Waals surface area contributed by atoms with Crippen LogP contribution in [0.15, 0.2) is 65.7 Å². The number of hydrogen-bond donors (Lipinski definition) is 2. The van der Waals surface area contributed by atoms with Gasteiger partial charge in [0.1, 0.15) is 5.75 Å². The number of aromatic nitrogens is 1. The van der Waals surface area contributed by atoms with Crippen LogP contribution >= 0.6 is 24.0 Å². The van der Waals surface area contributed by atoms with Crippen LogP contribution in [0.2, 0.25) is 0 Å². The molecule has 28 heavy (non-hydrogen) atoms. The van der Waals surface area contributed by atoms with E-state index in [0.717, 1.165) is 33.2 Å². The summed E-state index contributed by atoms with van der Waals surface area (Å²) in [4.78, 5) is 29.7. The normalized spacial score (nSPS) is 15.4. The lowest BCUT2D eigenvalue weighted by atomic mass is 10.1. The summed E-state index contributed by atoms with van der Waals surface area (Å²) in [7, 11) is 0. The van der Waals surface area contributed by atoms with Crippen LogP contribution in [0, 0.1) is 0 Å². The smallest absolute Gasteiger partial charge is 0.285 e. The first-order valence-corrected chi connectivity index (χ1v) is 9.46. The number of phenols is 1. The molecule has 8 heteroatoms. The Morgan fingerprint density at radius 1 is 1.18 bits per heavy atom. The van der Waals surface area contributed by atoms with Crippen molar-refractivity contribution >= 4 is 57.1 Å². The van der Waals surface area contributed by atoms with E-state index < -0.39 is 11.8 Å². The Labute approximate surface area is 169 Å². The third-order valence-electron chi connectivity index (χ3n) is 4.06. The van der Waals surface area contributed by atoms with Gasteiger partial charge in [-0.05, 0) is 66.3 Å². The Hall–Kier alpha value is -3.23. The second-order valence-electron chi connectivity index (χ2n) is 5.96. The molecule has 3 aromatic rings. The van der Waals surface area contributed by atoms with Gasteiger partial charge >= 0.3 is 0 Å². The lowest BCUT2D eigenvalue weighted by Crippen LogP contribution is -2.44. The molecule has 0 atom stereocenters. The summed E-state index contributed by atoms with van der Waals surface area (Å²) >= 11 is 6.36. The van der Waals surface area contributed by atoms with Gasteiger partial charge in [-0.25, -0.2) is 0 Å². The lowest BCUT2D eigenvalue weighted by Gasteiger charge is -2.15. The van der Waals surface area contributed by atoms with Gasteiger partial charge in [0.25, 0.3) is 11.8 Å². The number of thiocarbonyl (C=S) groups is 1. The Bertz CT molecular complexity index is 1140. The van der Waals surface area contributed by atoms with E-state index in [2.05, 4.69) is 10.4 Å². The number of rotatable bonds is 3. The standard InChI is InChI=1S/C20H13N3O3S2/c24-15-6-4-13(5-7-15)18(25)22-23-19(26)17(28-20(23)27)11-12-3-8-16-14(10-12)2-1-9-21-16/h1-11,24H,(H,22,25). The molecule has 2 aromatic carbocycles. The van der Waals surface area contributed by atoms with Gasteiger partial charge in [-0.2, -0.15) is 5.01 Å². The highest BCUT2D eigenvalue weighted by Crippen LogP contribution is 2.32. The summed E-state index contributed by atoms with van der Waals surface area (Å²) in [6.45, 7) is 0. The maximum Gasteiger partial charge on any atom is 0.285 e. The van der Waals surface area contributed by atoms with Crippen LogP contribution < -0.4 is 5.43 Å². The third kappa shape index (κ3) is 3.60. The zero-order valence-electron chi connectivity index (χ0n) is 14.3. The summed E-state index contributed by atoms with van der Waals surface area (Å²) < 4.78 is 0.242. The fourth-order valence-electron chi connectivity index (χ4n) is 2.68. The molecule has 4 rings (SSSR count). The number of amides is 2. The van der Waals surface area contributed by atoms with Gasteiger partial charge in [0, 0.05) is 17.1 Å². The van der Waals surface area contributed by atoms with E-state index in [9.17, 15) is 14.7 Å². The van der Waals surface area contributed by atoms with Crippen molar-refractivity contribution < 1.29 is 14.7 Å². The van der Waals surface area contributed by atoms with Gasteiger partial charge in [0.05, 0.1) is 10.4 Å². The molecule has 0 spiro atoms. The number of nitrogens with zero attached hydrogens (tertiary/aromatic N) is 2. The quantitative estimate of drug-likeness (QED) is 0.511. The largest absolute Gasteiger partial charge is 0.508 e.